The molecule has 10 nitrogen and oxygen atoms in total. The number of fused-ring (bicyclic) bond motifs is 1. The van der Waals surface area contributed by atoms with Crippen LogP contribution in [0.15, 0.2) is 30.5 Å². The highest BCUT2D eigenvalue weighted by atomic mass is 35.5. The highest BCUT2D eigenvalue weighted by Crippen LogP contribution is 2.39. The van der Waals surface area contributed by atoms with Crippen molar-refractivity contribution >= 4 is 50.2 Å². The van der Waals surface area contributed by atoms with Crippen LogP contribution in [0.2, 0.25) is 5.02 Å². The molecule has 0 unspecified atom stereocenters. The van der Waals surface area contributed by atoms with Gasteiger partial charge in [0.2, 0.25) is 10.0 Å². The molecule has 14 heteroatoms. The first-order valence-electron chi connectivity index (χ1n) is 11.5. The molecular weight excluding hydrogens is 546 g/mol. The number of hydrogen-bond donors (Lipinski definition) is 3. The van der Waals surface area contributed by atoms with Gasteiger partial charge in [0.1, 0.15) is 16.5 Å². The Morgan fingerprint density at radius 1 is 1.11 bits per heavy atom. The maximum absolute atomic E-state index is 15.1. The van der Waals surface area contributed by atoms with Gasteiger partial charge in [-0.05, 0) is 37.8 Å². The van der Waals surface area contributed by atoms with E-state index in [1.165, 1.54) is 31.5 Å². The largest absolute Gasteiger partial charge is 0.496 e. The van der Waals surface area contributed by atoms with Crippen LogP contribution in [-0.2, 0) is 10.0 Å². The van der Waals surface area contributed by atoms with Gasteiger partial charge < -0.3 is 20.1 Å². The number of carbonyl (C=O) groups excluding carboxylic acids is 2. The monoisotopic (exact) mass is 566 g/mol. The molecule has 0 atom stereocenters. The molecule has 0 aliphatic heterocycles. The van der Waals surface area contributed by atoms with Gasteiger partial charge in [0, 0.05) is 29.8 Å². The van der Waals surface area contributed by atoms with Crippen LogP contribution in [0.1, 0.15) is 36.0 Å². The predicted molar refractivity (Wildman–Crippen MR) is 134 cm³/mol. The standard InChI is InChI=1S/C24H21ClF2N4O6S/c1-36-19-10-16-13(8-14(19)23(32)31-38(34,35)12-4-5-12)18(6-7-28-16)37-22-15(26)9-17(20(25)21(22)27)30-24(33)29-11-2-3-11/h6-12H,2-5H2,1H3,(H,31,32)(H2,29,30,33). The van der Waals surface area contributed by atoms with E-state index >= 15 is 4.39 Å². The second-order valence-electron chi connectivity index (χ2n) is 8.89. The minimum atomic E-state index is -3.85. The molecule has 0 spiro atoms. The van der Waals surface area contributed by atoms with Gasteiger partial charge >= 0.3 is 6.03 Å². The van der Waals surface area contributed by atoms with E-state index in [0.29, 0.717) is 12.8 Å². The van der Waals surface area contributed by atoms with E-state index in [1.54, 1.807) is 0 Å². The molecule has 3 aromatic rings. The second kappa shape index (κ2) is 9.87. The first-order chi connectivity index (χ1) is 18.1. The van der Waals surface area contributed by atoms with E-state index in [9.17, 15) is 22.4 Å². The van der Waals surface area contributed by atoms with Crippen LogP contribution in [0.3, 0.4) is 0 Å². The maximum atomic E-state index is 15.1. The lowest BCUT2D eigenvalue weighted by atomic mass is 10.1. The van der Waals surface area contributed by atoms with E-state index in [2.05, 4.69) is 15.6 Å². The first kappa shape index (κ1) is 25.9. The Morgan fingerprint density at radius 3 is 2.50 bits per heavy atom. The van der Waals surface area contributed by atoms with Crippen molar-refractivity contribution in [3.63, 3.8) is 0 Å². The molecule has 0 radical (unpaired) electrons. The maximum Gasteiger partial charge on any atom is 0.319 e. The summed E-state index contributed by atoms with van der Waals surface area (Å²) in [5.74, 6) is -4.27. The highest BCUT2D eigenvalue weighted by molar-refractivity contribution is 7.91. The van der Waals surface area contributed by atoms with Gasteiger partial charge in [0.25, 0.3) is 5.91 Å². The van der Waals surface area contributed by atoms with Crippen LogP contribution in [0.25, 0.3) is 10.9 Å². The third-order valence-corrected chi connectivity index (χ3v) is 8.14. The number of amides is 3. The molecule has 0 saturated heterocycles. The van der Waals surface area contributed by atoms with E-state index in [0.717, 1.165) is 18.9 Å². The number of nitrogens with zero attached hydrogens (tertiary/aromatic N) is 1. The van der Waals surface area contributed by atoms with Crippen molar-refractivity contribution in [1.82, 2.24) is 15.0 Å². The summed E-state index contributed by atoms with van der Waals surface area (Å²) in [6, 6.07) is 4.12. The second-order valence-corrected chi connectivity index (χ2v) is 11.2. The van der Waals surface area contributed by atoms with Crippen LogP contribution < -0.4 is 24.8 Å². The molecule has 0 bridgehead atoms. The predicted octanol–water partition coefficient (Wildman–Crippen LogP) is 4.47. The Balaban J connectivity index is 1.48. The van der Waals surface area contributed by atoms with E-state index in [1.807, 2.05) is 4.72 Å². The van der Waals surface area contributed by atoms with Gasteiger partial charge in [-0.1, -0.05) is 11.6 Å². The van der Waals surface area contributed by atoms with Crippen molar-refractivity contribution in [3.8, 4) is 17.2 Å². The van der Waals surface area contributed by atoms with E-state index < -0.39 is 49.6 Å². The van der Waals surface area contributed by atoms with Crippen molar-refractivity contribution in [2.24, 2.45) is 0 Å². The number of ether oxygens (including phenoxy) is 2. The van der Waals surface area contributed by atoms with Crippen molar-refractivity contribution in [1.29, 1.82) is 0 Å². The number of sulfonamides is 1. The van der Waals surface area contributed by atoms with Crippen LogP contribution in [0, 0.1) is 11.6 Å². The number of anilines is 1. The Morgan fingerprint density at radius 2 is 1.84 bits per heavy atom. The Kier molecular flexibility index (Phi) is 6.73. The zero-order valence-electron chi connectivity index (χ0n) is 19.8. The number of rotatable bonds is 8. The summed E-state index contributed by atoms with van der Waals surface area (Å²) >= 11 is 6.05. The van der Waals surface area contributed by atoms with Crippen molar-refractivity contribution < 1.29 is 36.3 Å². The average Bonchev–Trinajstić information content (AvgIpc) is 3.78. The molecule has 5 rings (SSSR count). The number of urea groups is 1. The third kappa shape index (κ3) is 5.29. The lowest BCUT2D eigenvalue weighted by Crippen LogP contribution is -2.33. The molecule has 200 valence electrons. The molecular formula is C24H21ClF2N4O6S. The van der Waals surface area contributed by atoms with Gasteiger partial charge in [-0.25, -0.2) is 26.7 Å². The zero-order valence-corrected chi connectivity index (χ0v) is 21.4. The van der Waals surface area contributed by atoms with Gasteiger partial charge in [0.15, 0.2) is 17.4 Å². The van der Waals surface area contributed by atoms with E-state index in [-0.39, 0.29) is 39.7 Å². The summed E-state index contributed by atoms with van der Waals surface area (Å²) in [5.41, 5.74) is -0.197. The molecule has 1 heterocycles. The van der Waals surface area contributed by atoms with Crippen molar-refractivity contribution in [3.05, 3.63) is 52.7 Å². The molecule has 2 aromatic carbocycles. The number of benzene rings is 2. The number of hydrogen-bond acceptors (Lipinski definition) is 7. The summed E-state index contributed by atoms with van der Waals surface area (Å²) in [7, 11) is -2.56. The number of methoxy groups -OCH3 is 1. The topological polar surface area (TPSA) is 136 Å². The van der Waals surface area contributed by atoms with Crippen LogP contribution in [0.5, 0.6) is 17.2 Å². The quantitative estimate of drug-likeness (QED) is 0.342. The molecule has 2 aliphatic rings. The normalized spacial score (nSPS) is 15.2. The Labute approximate surface area is 220 Å². The van der Waals surface area contributed by atoms with Gasteiger partial charge in [-0.2, -0.15) is 0 Å². The molecule has 2 fully saturated rings. The molecule has 2 aliphatic carbocycles. The van der Waals surface area contributed by atoms with Crippen molar-refractivity contribution in [2.75, 3.05) is 12.4 Å². The number of aromatic nitrogens is 1. The number of carbonyl (C=O) groups is 2. The SMILES string of the molecule is COc1cc2nccc(Oc3c(F)cc(NC(=O)NC4CC4)c(Cl)c3F)c2cc1C(=O)NS(=O)(=O)C1CC1. The van der Waals surface area contributed by atoms with Crippen LogP contribution >= 0.6 is 11.6 Å². The summed E-state index contributed by atoms with van der Waals surface area (Å²) < 4.78 is 67.4. The smallest absolute Gasteiger partial charge is 0.319 e. The van der Waals surface area contributed by atoms with Gasteiger partial charge in [-0.3, -0.25) is 9.78 Å². The summed E-state index contributed by atoms with van der Waals surface area (Å²) in [6.07, 6.45) is 3.87. The first-order valence-corrected chi connectivity index (χ1v) is 13.5. The van der Waals surface area contributed by atoms with Crippen LogP contribution in [-0.4, -0.2) is 43.7 Å². The minimum absolute atomic E-state index is 0.0189. The zero-order chi connectivity index (χ0) is 27.2. The molecule has 3 amide bonds. The van der Waals surface area contributed by atoms with Gasteiger partial charge in [0.05, 0.1) is 29.1 Å². The summed E-state index contributed by atoms with van der Waals surface area (Å²) in [4.78, 5) is 29.0. The molecule has 3 N–H and O–H groups in total. The minimum Gasteiger partial charge on any atom is -0.496 e. The van der Waals surface area contributed by atoms with E-state index in [4.69, 9.17) is 21.1 Å². The van der Waals surface area contributed by atoms with Crippen LogP contribution in [0.4, 0.5) is 19.3 Å². The fourth-order valence-electron chi connectivity index (χ4n) is 3.67. The third-order valence-electron chi connectivity index (χ3n) is 5.95. The fourth-order valence-corrected chi connectivity index (χ4v) is 5.15. The summed E-state index contributed by atoms with van der Waals surface area (Å²) in [5, 5.41) is 3.87. The lowest BCUT2D eigenvalue weighted by Gasteiger charge is -2.15. The Hall–Kier alpha value is -3.71. The fraction of sp³-hybridized carbons (Fsp3) is 0.292. The number of halogens is 3. The molecule has 38 heavy (non-hydrogen) atoms. The number of nitrogens with one attached hydrogen (secondary N) is 3. The van der Waals surface area contributed by atoms with Crippen molar-refractivity contribution in [2.45, 2.75) is 37.0 Å². The summed E-state index contributed by atoms with van der Waals surface area (Å²) in [6.45, 7) is 0. The molecule has 2 saturated carbocycles. The average molecular weight is 567 g/mol. The molecule has 1 aromatic heterocycles. The highest BCUT2D eigenvalue weighted by Gasteiger charge is 2.37. The van der Waals surface area contributed by atoms with Gasteiger partial charge in [-0.15, -0.1) is 0 Å². The lowest BCUT2D eigenvalue weighted by molar-refractivity contribution is 0.0978. The Bertz CT molecular complexity index is 1580. The number of pyridine rings is 1.